The molecule has 4 N–H and O–H groups in total. The van der Waals surface area contributed by atoms with Crippen LogP contribution in [-0.4, -0.2) is 33.6 Å². The molecule has 0 saturated heterocycles. The number of amides is 2. The largest absolute Gasteiger partial charge is 0.505 e. The first-order valence-electron chi connectivity index (χ1n) is 9.99. The number of carboxylic acid groups (broad SMARTS) is 1. The first-order valence-corrected chi connectivity index (χ1v) is 9.99. The lowest BCUT2D eigenvalue weighted by molar-refractivity contribution is -0.137. The summed E-state index contributed by atoms with van der Waals surface area (Å²) < 4.78 is 11.9. The second-order valence-electron chi connectivity index (χ2n) is 7.43. The van der Waals surface area contributed by atoms with E-state index >= 15 is 0 Å². The molecule has 0 fully saturated rings. The monoisotopic (exact) mass is 451 g/mol. The Morgan fingerprint density at radius 2 is 1.85 bits per heavy atom. The summed E-state index contributed by atoms with van der Waals surface area (Å²) in [5, 5.41) is 24.2. The van der Waals surface area contributed by atoms with Crippen molar-refractivity contribution in [3.05, 3.63) is 70.6 Å². The van der Waals surface area contributed by atoms with Gasteiger partial charge in [-0.3, -0.25) is 9.59 Å². The van der Waals surface area contributed by atoms with Crippen molar-refractivity contribution in [1.82, 2.24) is 9.88 Å². The van der Waals surface area contributed by atoms with E-state index in [1.807, 2.05) is 18.2 Å². The smallest absolute Gasteiger partial charge is 0.319 e. The lowest BCUT2D eigenvalue weighted by atomic mass is 9.97. The minimum atomic E-state index is -1.12. The highest BCUT2D eigenvalue weighted by molar-refractivity contribution is 5.91. The van der Waals surface area contributed by atoms with E-state index in [0.717, 1.165) is 11.1 Å². The number of aromatic nitrogens is 1. The fourth-order valence-corrected chi connectivity index (χ4v) is 3.48. The predicted molar refractivity (Wildman–Crippen MR) is 118 cm³/mol. The molecule has 1 aromatic heterocycles. The topological polar surface area (TPSA) is 139 Å². The number of rotatable bonds is 6. The third-order valence-corrected chi connectivity index (χ3v) is 5.16. The average molecular weight is 451 g/mol. The van der Waals surface area contributed by atoms with E-state index < -0.39 is 35.8 Å². The van der Waals surface area contributed by atoms with Gasteiger partial charge in [0.2, 0.25) is 6.79 Å². The Kier molecular flexibility index (Phi) is 5.90. The molecule has 1 atom stereocenters. The van der Waals surface area contributed by atoms with Gasteiger partial charge in [0.15, 0.2) is 17.2 Å². The van der Waals surface area contributed by atoms with E-state index in [9.17, 15) is 24.6 Å². The van der Waals surface area contributed by atoms with Crippen molar-refractivity contribution in [1.29, 1.82) is 0 Å². The number of carbonyl (C=O) groups is 2. The van der Waals surface area contributed by atoms with Gasteiger partial charge in [0.05, 0.1) is 12.5 Å². The quantitative estimate of drug-likeness (QED) is 0.452. The molecule has 10 heteroatoms. The van der Waals surface area contributed by atoms with E-state index in [4.69, 9.17) is 9.47 Å². The Balaban J connectivity index is 1.58. The molecule has 2 aromatic carbocycles. The van der Waals surface area contributed by atoms with Crippen molar-refractivity contribution >= 4 is 17.7 Å². The van der Waals surface area contributed by atoms with Crippen molar-refractivity contribution in [2.24, 2.45) is 7.05 Å². The molecule has 1 aliphatic heterocycles. The summed E-state index contributed by atoms with van der Waals surface area (Å²) in [6, 6.07) is 12.1. The Bertz CT molecular complexity index is 1290. The third-order valence-electron chi connectivity index (χ3n) is 5.16. The minimum Gasteiger partial charge on any atom is -0.505 e. The molecule has 1 aliphatic rings. The highest BCUT2D eigenvalue weighted by atomic mass is 16.7. The van der Waals surface area contributed by atoms with Crippen LogP contribution in [0.4, 0.5) is 10.5 Å². The lowest BCUT2D eigenvalue weighted by Crippen LogP contribution is -2.35. The van der Waals surface area contributed by atoms with Crippen LogP contribution < -0.4 is 25.7 Å². The number of nitrogens with zero attached hydrogens (tertiary/aromatic N) is 1. The average Bonchev–Trinajstić information content (AvgIpc) is 3.26. The molecule has 1 unspecified atom stereocenters. The second-order valence-corrected chi connectivity index (χ2v) is 7.43. The summed E-state index contributed by atoms with van der Waals surface area (Å²) in [4.78, 5) is 36.2. The highest BCUT2D eigenvalue weighted by Gasteiger charge is 2.21. The van der Waals surface area contributed by atoms with Crippen molar-refractivity contribution in [2.75, 3.05) is 12.1 Å². The van der Waals surface area contributed by atoms with Gasteiger partial charge in [0.1, 0.15) is 5.75 Å². The number of aryl methyl sites for hydroxylation is 1. The van der Waals surface area contributed by atoms with Gasteiger partial charge in [0, 0.05) is 13.2 Å². The number of anilines is 1. The number of ether oxygens (including phenoxy) is 2. The number of benzene rings is 2. The van der Waals surface area contributed by atoms with Gasteiger partial charge >= 0.3 is 12.0 Å². The van der Waals surface area contributed by atoms with Gasteiger partial charge in [0.25, 0.3) is 5.56 Å². The Morgan fingerprint density at radius 1 is 1.09 bits per heavy atom. The SMILES string of the molecule is Cn1ccc(O)c(NC(=O)NC(CC(=O)O)c2cccc(-c3ccc4c(c3)OCO4)c2)c1=O. The fraction of sp³-hybridized carbons (Fsp3) is 0.174. The van der Waals surface area contributed by atoms with Crippen LogP contribution in [0.15, 0.2) is 59.5 Å². The van der Waals surface area contributed by atoms with Crippen LogP contribution in [0.3, 0.4) is 0 Å². The molecule has 0 bridgehead atoms. The zero-order valence-corrected chi connectivity index (χ0v) is 17.6. The third kappa shape index (κ3) is 4.74. The van der Waals surface area contributed by atoms with E-state index in [1.165, 1.54) is 23.9 Å². The normalized spacial score (nSPS) is 12.8. The van der Waals surface area contributed by atoms with Crippen molar-refractivity contribution in [2.45, 2.75) is 12.5 Å². The number of aliphatic carboxylic acids is 1. The standard InChI is InChI=1S/C23H21N3O7/c1-26-8-7-17(27)21(22(26)30)25-23(31)24-16(11-20(28)29)15-4-2-3-13(9-15)14-5-6-18-19(10-14)33-12-32-18/h2-10,16,27H,11-12H2,1H3,(H,28,29)(H2,24,25,31). The van der Waals surface area contributed by atoms with Gasteiger partial charge < -0.3 is 34.9 Å². The van der Waals surface area contributed by atoms with E-state index in [1.54, 1.807) is 24.3 Å². The zero-order valence-electron chi connectivity index (χ0n) is 17.6. The lowest BCUT2D eigenvalue weighted by Gasteiger charge is -2.19. The van der Waals surface area contributed by atoms with Crippen LogP contribution in [0.25, 0.3) is 11.1 Å². The Hall–Kier alpha value is -4.47. The summed E-state index contributed by atoms with van der Waals surface area (Å²) in [5.41, 5.74) is 1.26. The molecule has 0 aliphatic carbocycles. The van der Waals surface area contributed by atoms with Crippen LogP contribution in [0, 0.1) is 0 Å². The predicted octanol–water partition coefficient (Wildman–Crippen LogP) is 2.82. The molecule has 33 heavy (non-hydrogen) atoms. The number of urea groups is 1. The highest BCUT2D eigenvalue weighted by Crippen LogP contribution is 2.36. The number of carbonyl (C=O) groups excluding carboxylic acids is 1. The van der Waals surface area contributed by atoms with Crippen LogP contribution >= 0.6 is 0 Å². The van der Waals surface area contributed by atoms with Gasteiger partial charge in [-0.05, 0) is 41.0 Å². The van der Waals surface area contributed by atoms with E-state index in [2.05, 4.69) is 10.6 Å². The summed E-state index contributed by atoms with van der Waals surface area (Å²) in [6.07, 6.45) is 0.965. The van der Waals surface area contributed by atoms with Crippen molar-refractivity contribution < 1.29 is 29.3 Å². The van der Waals surface area contributed by atoms with Gasteiger partial charge in [-0.15, -0.1) is 0 Å². The van der Waals surface area contributed by atoms with Crippen LogP contribution in [-0.2, 0) is 11.8 Å². The van der Waals surface area contributed by atoms with Crippen LogP contribution in [0.5, 0.6) is 17.2 Å². The van der Waals surface area contributed by atoms with Crippen molar-refractivity contribution in [3.8, 4) is 28.4 Å². The molecule has 0 saturated carbocycles. The minimum absolute atomic E-state index is 0.151. The molecule has 0 spiro atoms. The van der Waals surface area contributed by atoms with E-state index in [0.29, 0.717) is 17.1 Å². The molecule has 0 radical (unpaired) electrons. The number of carboxylic acids is 1. The van der Waals surface area contributed by atoms with Crippen LogP contribution in [0.2, 0.25) is 0 Å². The fourth-order valence-electron chi connectivity index (χ4n) is 3.48. The summed E-state index contributed by atoms with van der Waals surface area (Å²) in [5.74, 6) is -0.255. The first-order chi connectivity index (χ1) is 15.8. The summed E-state index contributed by atoms with van der Waals surface area (Å²) >= 11 is 0. The molecule has 2 heterocycles. The number of hydrogen-bond donors (Lipinski definition) is 4. The number of aromatic hydroxyl groups is 1. The second kappa shape index (κ2) is 8.95. The molecule has 170 valence electrons. The molecular weight excluding hydrogens is 430 g/mol. The maximum atomic E-state index is 12.6. The molecule has 3 aromatic rings. The first kappa shape index (κ1) is 21.8. The zero-order chi connectivity index (χ0) is 23.5. The van der Waals surface area contributed by atoms with Gasteiger partial charge in [-0.1, -0.05) is 24.3 Å². The summed E-state index contributed by atoms with van der Waals surface area (Å²) in [7, 11) is 1.47. The van der Waals surface area contributed by atoms with E-state index in [-0.39, 0.29) is 12.5 Å². The number of fused-ring (bicyclic) bond motifs is 1. The maximum absolute atomic E-state index is 12.6. The van der Waals surface area contributed by atoms with Crippen LogP contribution in [0.1, 0.15) is 18.0 Å². The Labute approximate surface area is 188 Å². The number of nitrogens with one attached hydrogen (secondary N) is 2. The number of pyridine rings is 1. The molecule has 10 nitrogen and oxygen atoms in total. The summed E-state index contributed by atoms with van der Waals surface area (Å²) in [6.45, 7) is 0.151. The maximum Gasteiger partial charge on any atom is 0.319 e. The van der Waals surface area contributed by atoms with Gasteiger partial charge in [-0.2, -0.15) is 0 Å². The number of hydrogen-bond acceptors (Lipinski definition) is 6. The molecule has 4 rings (SSSR count). The van der Waals surface area contributed by atoms with Gasteiger partial charge in [-0.25, -0.2) is 4.79 Å². The van der Waals surface area contributed by atoms with Crippen molar-refractivity contribution in [3.63, 3.8) is 0 Å². The molecular formula is C23H21N3O7. The Morgan fingerprint density at radius 3 is 2.64 bits per heavy atom. The molecule has 2 amide bonds.